The smallest absolute Gasteiger partial charge is 0.0505 e. The number of nitrogens with one attached hydrogen (secondary N) is 1. The lowest BCUT2D eigenvalue weighted by molar-refractivity contribution is 0.373. The third kappa shape index (κ3) is 2.43. The highest BCUT2D eigenvalue weighted by Crippen LogP contribution is 2.38. The van der Waals surface area contributed by atoms with Crippen LogP contribution < -0.4 is 5.32 Å². The molecule has 0 aliphatic heterocycles. The third-order valence-corrected chi connectivity index (χ3v) is 4.29. The first-order chi connectivity index (χ1) is 8.16. The summed E-state index contributed by atoms with van der Waals surface area (Å²) < 4.78 is 0. The summed E-state index contributed by atoms with van der Waals surface area (Å²) in [5.74, 6) is 0. The van der Waals surface area contributed by atoms with Crippen LogP contribution in [0.15, 0.2) is 47.8 Å². The van der Waals surface area contributed by atoms with Crippen molar-refractivity contribution in [1.82, 2.24) is 5.32 Å². The third-order valence-electron chi connectivity index (χ3n) is 3.36. The van der Waals surface area contributed by atoms with Crippen molar-refractivity contribution in [2.75, 3.05) is 7.05 Å². The molecular weight excluding hydrogens is 226 g/mol. The van der Waals surface area contributed by atoms with E-state index in [1.54, 1.807) is 0 Å². The number of likely N-dealkylation sites (N-methyl/N-ethyl adjacent to an activating group) is 1. The molecule has 2 rings (SSSR count). The van der Waals surface area contributed by atoms with E-state index in [-0.39, 0.29) is 5.41 Å². The fourth-order valence-electron chi connectivity index (χ4n) is 2.35. The summed E-state index contributed by atoms with van der Waals surface area (Å²) >= 11 is 1.81. The predicted octanol–water partition coefficient (Wildman–Crippen LogP) is 3.99. The average Bonchev–Trinajstić information content (AvgIpc) is 2.84. The van der Waals surface area contributed by atoms with Gasteiger partial charge in [0.05, 0.1) is 6.04 Å². The van der Waals surface area contributed by atoms with Gasteiger partial charge in [-0.05, 0) is 24.1 Å². The quantitative estimate of drug-likeness (QED) is 0.859. The molecule has 0 spiro atoms. The van der Waals surface area contributed by atoms with Crippen molar-refractivity contribution in [2.45, 2.75) is 25.3 Å². The van der Waals surface area contributed by atoms with Crippen molar-refractivity contribution in [3.63, 3.8) is 0 Å². The highest BCUT2D eigenvalue weighted by Gasteiger charge is 2.31. The molecule has 0 amide bonds. The molecule has 0 bridgehead atoms. The lowest BCUT2D eigenvalue weighted by Gasteiger charge is -2.34. The van der Waals surface area contributed by atoms with Gasteiger partial charge in [-0.3, -0.25) is 0 Å². The Balaban J connectivity index is 2.37. The maximum absolute atomic E-state index is 3.45. The zero-order valence-electron chi connectivity index (χ0n) is 10.6. The van der Waals surface area contributed by atoms with E-state index in [4.69, 9.17) is 0 Å². The van der Waals surface area contributed by atoms with Gasteiger partial charge in [-0.1, -0.05) is 50.2 Å². The van der Waals surface area contributed by atoms with Crippen LogP contribution in [-0.2, 0) is 5.41 Å². The Morgan fingerprint density at radius 3 is 2.29 bits per heavy atom. The van der Waals surface area contributed by atoms with Gasteiger partial charge in [-0.2, -0.15) is 0 Å². The summed E-state index contributed by atoms with van der Waals surface area (Å²) in [6, 6.07) is 15.4. The van der Waals surface area contributed by atoms with Gasteiger partial charge in [0, 0.05) is 10.3 Å². The second kappa shape index (κ2) is 5.03. The Bertz CT molecular complexity index is 445. The molecule has 1 aromatic carbocycles. The van der Waals surface area contributed by atoms with Gasteiger partial charge in [0.1, 0.15) is 0 Å². The first-order valence-corrected chi connectivity index (χ1v) is 6.80. The Morgan fingerprint density at radius 1 is 1.06 bits per heavy atom. The van der Waals surface area contributed by atoms with Crippen LogP contribution in [0.5, 0.6) is 0 Å². The van der Waals surface area contributed by atoms with Crippen molar-refractivity contribution in [2.24, 2.45) is 0 Å². The lowest BCUT2D eigenvalue weighted by atomic mass is 9.77. The van der Waals surface area contributed by atoms with Gasteiger partial charge in [-0.25, -0.2) is 0 Å². The first kappa shape index (κ1) is 12.3. The van der Waals surface area contributed by atoms with E-state index in [1.165, 1.54) is 10.4 Å². The van der Waals surface area contributed by atoms with Gasteiger partial charge in [0.25, 0.3) is 0 Å². The second-order valence-corrected chi connectivity index (χ2v) is 5.80. The summed E-state index contributed by atoms with van der Waals surface area (Å²) in [7, 11) is 2.04. The lowest BCUT2D eigenvalue weighted by Crippen LogP contribution is -2.34. The molecular formula is C15H19NS. The average molecular weight is 245 g/mol. The summed E-state index contributed by atoms with van der Waals surface area (Å²) in [6.45, 7) is 4.59. The summed E-state index contributed by atoms with van der Waals surface area (Å²) in [4.78, 5) is 1.39. The predicted molar refractivity (Wildman–Crippen MR) is 75.6 cm³/mol. The minimum absolute atomic E-state index is 0.0842. The van der Waals surface area contributed by atoms with E-state index in [9.17, 15) is 0 Å². The molecule has 1 atom stereocenters. The molecule has 1 nitrogen and oxygen atoms in total. The minimum atomic E-state index is 0.0842. The first-order valence-electron chi connectivity index (χ1n) is 5.92. The van der Waals surface area contributed by atoms with Crippen molar-refractivity contribution >= 4 is 11.3 Å². The standard InChI is InChI=1S/C15H19NS/c1-15(2,12-8-5-4-6-9-12)14(16-3)13-10-7-11-17-13/h4-11,14,16H,1-3H3. The summed E-state index contributed by atoms with van der Waals surface area (Å²) in [5.41, 5.74) is 1.45. The van der Waals surface area contributed by atoms with Gasteiger partial charge in [0.15, 0.2) is 0 Å². The molecule has 17 heavy (non-hydrogen) atoms. The molecule has 1 aromatic heterocycles. The summed E-state index contributed by atoms with van der Waals surface area (Å²) in [5, 5.41) is 5.59. The van der Waals surface area contributed by atoms with Gasteiger partial charge < -0.3 is 5.32 Å². The van der Waals surface area contributed by atoms with E-state index >= 15 is 0 Å². The second-order valence-electron chi connectivity index (χ2n) is 4.82. The topological polar surface area (TPSA) is 12.0 Å². The Morgan fingerprint density at radius 2 is 1.76 bits per heavy atom. The van der Waals surface area contributed by atoms with E-state index in [0.29, 0.717) is 6.04 Å². The Labute approximate surface area is 108 Å². The maximum atomic E-state index is 3.45. The molecule has 1 N–H and O–H groups in total. The summed E-state index contributed by atoms with van der Waals surface area (Å²) in [6.07, 6.45) is 0. The van der Waals surface area contributed by atoms with Crippen molar-refractivity contribution < 1.29 is 0 Å². The molecule has 0 aliphatic rings. The van der Waals surface area contributed by atoms with Crippen LogP contribution in [0.3, 0.4) is 0 Å². The number of benzene rings is 1. The Kier molecular flexibility index (Phi) is 3.65. The number of hydrogen-bond donors (Lipinski definition) is 1. The van der Waals surface area contributed by atoms with E-state index in [2.05, 4.69) is 67.0 Å². The Hall–Kier alpha value is -1.12. The molecule has 2 heteroatoms. The molecule has 1 heterocycles. The molecule has 2 aromatic rings. The van der Waals surface area contributed by atoms with Gasteiger partial charge in [0.2, 0.25) is 0 Å². The fraction of sp³-hybridized carbons (Fsp3) is 0.333. The number of rotatable bonds is 4. The van der Waals surface area contributed by atoms with Crippen LogP contribution in [-0.4, -0.2) is 7.05 Å². The normalized spacial score (nSPS) is 13.6. The number of hydrogen-bond acceptors (Lipinski definition) is 2. The van der Waals surface area contributed by atoms with Gasteiger partial charge >= 0.3 is 0 Å². The largest absolute Gasteiger partial charge is 0.312 e. The van der Waals surface area contributed by atoms with E-state index < -0.39 is 0 Å². The van der Waals surface area contributed by atoms with E-state index in [0.717, 1.165) is 0 Å². The minimum Gasteiger partial charge on any atom is -0.312 e. The maximum Gasteiger partial charge on any atom is 0.0505 e. The molecule has 0 aliphatic carbocycles. The van der Waals surface area contributed by atoms with Crippen molar-refractivity contribution in [3.05, 3.63) is 58.3 Å². The zero-order valence-corrected chi connectivity index (χ0v) is 11.4. The van der Waals surface area contributed by atoms with Crippen molar-refractivity contribution in [1.29, 1.82) is 0 Å². The molecule has 90 valence electrons. The molecule has 0 saturated heterocycles. The van der Waals surface area contributed by atoms with Crippen LogP contribution in [0.4, 0.5) is 0 Å². The number of thiophene rings is 1. The van der Waals surface area contributed by atoms with Crippen LogP contribution in [0, 0.1) is 0 Å². The zero-order chi connectivity index (χ0) is 12.3. The van der Waals surface area contributed by atoms with E-state index in [1.807, 2.05) is 18.4 Å². The van der Waals surface area contributed by atoms with Crippen molar-refractivity contribution in [3.8, 4) is 0 Å². The van der Waals surface area contributed by atoms with Crippen LogP contribution in [0.25, 0.3) is 0 Å². The molecule has 0 fully saturated rings. The van der Waals surface area contributed by atoms with Crippen LogP contribution in [0.2, 0.25) is 0 Å². The highest BCUT2D eigenvalue weighted by molar-refractivity contribution is 7.10. The van der Waals surface area contributed by atoms with Gasteiger partial charge in [-0.15, -0.1) is 11.3 Å². The molecule has 0 radical (unpaired) electrons. The van der Waals surface area contributed by atoms with Crippen LogP contribution in [0.1, 0.15) is 30.3 Å². The fourth-order valence-corrected chi connectivity index (χ4v) is 3.37. The van der Waals surface area contributed by atoms with Crippen LogP contribution >= 0.6 is 11.3 Å². The molecule has 0 saturated carbocycles. The molecule has 1 unspecified atom stereocenters. The highest BCUT2D eigenvalue weighted by atomic mass is 32.1. The monoisotopic (exact) mass is 245 g/mol. The SMILES string of the molecule is CNC(c1cccs1)C(C)(C)c1ccccc1.